The van der Waals surface area contributed by atoms with E-state index < -0.39 is 5.82 Å². The number of pyridine rings is 2. The van der Waals surface area contributed by atoms with Crippen molar-refractivity contribution in [3.05, 3.63) is 58.4 Å². The maximum absolute atomic E-state index is 14.4. The zero-order valence-corrected chi connectivity index (χ0v) is 18.9. The second-order valence-corrected chi connectivity index (χ2v) is 8.59. The largest absolute Gasteiger partial charge is 0.365 e. The molecule has 6 nitrogen and oxygen atoms in total. The molecule has 7 heteroatoms. The summed E-state index contributed by atoms with van der Waals surface area (Å²) in [5.41, 5.74) is 4.47. The van der Waals surface area contributed by atoms with Gasteiger partial charge in [-0.05, 0) is 36.1 Å². The fraction of sp³-hybridized carbons (Fsp3) is 0.440. The van der Waals surface area contributed by atoms with Gasteiger partial charge in [-0.25, -0.2) is 9.37 Å². The van der Waals surface area contributed by atoms with Crippen LogP contribution in [0.2, 0.25) is 0 Å². The van der Waals surface area contributed by atoms with E-state index in [0.717, 1.165) is 55.0 Å². The molecule has 0 unspecified atom stereocenters. The van der Waals surface area contributed by atoms with Crippen LogP contribution in [0.4, 0.5) is 10.1 Å². The Balaban J connectivity index is 1.42. The highest BCUT2D eigenvalue weighted by atomic mass is 19.1. The molecule has 3 heterocycles. The second kappa shape index (κ2) is 9.28. The number of hydrogen-bond acceptors (Lipinski definition) is 6. The molecule has 2 aromatic rings. The third kappa shape index (κ3) is 4.48. The first kappa shape index (κ1) is 22.3. The quantitative estimate of drug-likeness (QED) is 0.641. The van der Waals surface area contributed by atoms with Crippen molar-refractivity contribution in [3.63, 3.8) is 0 Å². The molecule has 0 saturated carbocycles. The molecule has 168 valence electrons. The third-order valence-corrected chi connectivity index (χ3v) is 6.32. The van der Waals surface area contributed by atoms with Crippen LogP contribution in [0.3, 0.4) is 0 Å². The molecule has 0 spiro atoms. The normalized spacial score (nSPS) is 19.0. The van der Waals surface area contributed by atoms with Gasteiger partial charge in [-0.3, -0.25) is 19.5 Å². The molecule has 4 rings (SSSR count). The first-order valence-electron chi connectivity index (χ1n) is 11.3. The molecule has 0 radical (unpaired) electrons. The van der Waals surface area contributed by atoms with Crippen molar-refractivity contribution in [3.8, 4) is 0 Å². The summed E-state index contributed by atoms with van der Waals surface area (Å²) in [4.78, 5) is 37.2. The van der Waals surface area contributed by atoms with Gasteiger partial charge in [0.2, 0.25) is 0 Å². The van der Waals surface area contributed by atoms with Crippen molar-refractivity contribution in [2.75, 3.05) is 24.5 Å². The lowest BCUT2D eigenvalue weighted by Gasteiger charge is -2.41. The molecular formula is C25H29FN4O2. The molecule has 1 saturated heterocycles. The molecule has 1 aliphatic carbocycles. The molecule has 1 aliphatic heterocycles. The molecule has 0 bridgehead atoms. The zero-order chi connectivity index (χ0) is 22.8. The Labute approximate surface area is 188 Å². The van der Waals surface area contributed by atoms with Crippen molar-refractivity contribution >= 4 is 23.3 Å². The highest BCUT2D eigenvalue weighted by molar-refractivity contribution is 6.03. The Hall–Kier alpha value is -2.93. The number of Topliss-reactive ketones (excluding diaryl/α,β-unsaturated/α-hetero) is 2. The Morgan fingerprint density at radius 3 is 2.69 bits per heavy atom. The van der Waals surface area contributed by atoms with Gasteiger partial charge in [0.05, 0.1) is 17.6 Å². The maximum atomic E-state index is 14.4. The lowest BCUT2D eigenvalue weighted by molar-refractivity contribution is -0.115. The number of nitrogens with zero attached hydrogens (tertiary/aromatic N) is 4. The van der Waals surface area contributed by atoms with Crippen LogP contribution in [0.15, 0.2) is 30.1 Å². The van der Waals surface area contributed by atoms with E-state index in [-0.39, 0.29) is 29.7 Å². The van der Waals surface area contributed by atoms with Gasteiger partial charge < -0.3 is 4.90 Å². The van der Waals surface area contributed by atoms with Crippen LogP contribution in [0.5, 0.6) is 0 Å². The van der Waals surface area contributed by atoms with Crippen molar-refractivity contribution in [2.45, 2.75) is 52.6 Å². The van der Waals surface area contributed by atoms with Gasteiger partial charge in [0.15, 0.2) is 17.4 Å². The monoisotopic (exact) mass is 436 g/mol. The van der Waals surface area contributed by atoms with E-state index in [2.05, 4.69) is 32.8 Å². The standard InChI is InChI=1S/C25H29FN4O2/c1-4-18-9-22-19(10-24(18)32)8-17(12-27-22)15-29-6-7-30(16(3)14-29)20-11-21(26)25(28-13-20)23(31)5-2/h8-9,11-13,16H,4-7,10,14-15H2,1-3H3/t16-/m1/s1. The average molecular weight is 437 g/mol. The highest BCUT2D eigenvalue weighted by Crippen LogP contribution is 2.25. The summed E-state index contributed by atoms with van der Waals surface area (Å²) in [5, 5.41) is 0. The minimum absolute atomic E-state index is 0.0816. The predicted octanol–water partition coefficient (Wildman–Crippen LogP) is 3.84. The number of piperazine rings is 1. The lowest BCUT2D eigenvalue weighted by Crippen LogP contribution is -2.51. The topological polar surface area (TPSA) is 66.4 Å². The molecule has 0 N–H and O–H groups in total. The molecule has 32 heavy (non-hydrogen) atoms. The van der Waals surface area contributed by atoms with Gasteiger partial charge in [-0.2, -0.15) is 0 Å². The molecule has 0 aromatic carbocycles. The first-order valence-corrected chi connectivity index (χ1v) is 11.3. The maximum Gasteiger partial charge on any atom is 0.183 e. The van der Waals surface area contributed by atoms with Crippen molar-refractivity contribution in [2.24, 2.45) is 0 Å². The molecular weight excluding hydrogens is 407 g/mol. The average Bonchev–Trinajstić information content (AvgIpc) is 2.78. The number of hydrogen-bond donors (Lipinski definition) is 0. The summed E-state index contributed by atoms with van der Waals surface area (Å²) < 4.78 is 14.4. The Morgan fingerprint density at radius 2 is 2.00 bits per heavy atom. The van der Waals surface area contributed by atoms with Gasteiger partial charge in [0.25, 0.3) is 0 Å². The van der Waals surface area contributed by atoms with Gasteiger partial charge in [-0.1, -0.05) is 19.9 Å². The first-order chi connectivity index (χ1) is 15.4. The van der Waals surface area contributed by atoms with Gasteiger partial charge in [0.1, 0.15) is 5.69 Å². The molecule has 0 amide bonds. The van der Waals surface area contributed by atoms with E-state index in [0.29, 0.717) is 12.1 Å². The van der Waals surface area contributed by atoms with Gasteiger partial charge in [-0.15, -0.1) is 0 Å². The van der Waals surface area contributed by atoms with Crippen molar-refractivity contribution in [1.82, 2.24) is 14.9 Å². The summed E-state index contributed by atoms with van der Waals surface area (Å²) in [7, 11) is 0. The Bertz CT molecular complexity index is 1080. The second-order valence-electron chi connectivity index (χ2n) is 8.59. The van der Waals surface area contributed by atoms with Crippen LogP contribution in [-0.4, -0.2) is 52.1 Å². The van der Waals surface area contributed by atoms with Crippen LogP contribution in [0.25, 0.3) is 6.08 Å². The van der Waals surface area contributed by atoms with E-state index in [1.165, 1.54) is 6.07 Å². The minimum atomic E-state index is -0.557. The van der Waals surface area contributed by atoms with E-state index in [1.54, 1.807) is 13.1 Å². The Morgan fingerprint density at radius 1 is 1.19 bits per heavy atom. The summed E-state index contributed by atoms with van der Waals surface area (Å²) >= 11 is 0. The zero-order valence-electron chi connectivity index (χ0n) is 18.9. The fourth-order valence-corrected chi connectivity index (χ4v) is 4.54. The van der Waals surface area contributed by atoms with Gasteiger partial charge in [0, 0.05) is 57.3 Å². The number of carbonyl (C=O) groups excluding carboxylic acids is 2. The predicted molar refractivity (Wildman–Crippen MR) is 122 cm³/mol. The van der Waals surface area contributed by atoms with Crippen LogP contribution in [0, 0.1) is 5.82 Å². The number of fused-ring (bicyclic) bond motifs is 1. The van der Waals surface area contributed by atoms with E-state index in [4.69, 9.17) is 0 Å². The number of rotatable bonds is 6. The van der Waals surface area contributed by atoms with Gasteiger partial charge >= 0.3 is 0 Å². The number of carbonyl (C=O) groups is 2. The summed E-state index contributed by atoms with van der Waals surface area (Å²) in [6, 6.07) is 3.69. The van der Waals surface area contributed by atoms with E-state index in [9.17, 15) is 14.0 Å². The van der Waals surface area contributed by atoms with Crippen molar-refractivity contribution in [1.29, 1.82) is 0 Å². The van der Waals surface area contributed by atoms with E-state index >= 15 is 0 Å². The Kier molecular flexibility index (Phi) is 6.46. The van der Waals surface area contributed by atoms with Crippen LogP contribution in [0.1, 0.15) is 60.9 Å². The summed E-state index contributed by atoms with van der Waals surface area (Å²) in [5.74, 6) is -0.652. The molecule has 2 aliphatic rings. The third-order valence-electron chi connectivity index (χ3n) is 6.32. The molecule has 2 aromatic heterocycles. The van der Waals surface area contributed by atoms with Crippen LogP contribution < -0.4 is 4.90 Å². The summed E-state index contributed by atoms with van der Waals surface area (Å²) in [6.07, 6.45) is 6.81. The summed E-state index contributed by atoms with van der Waals surface area (Å²) in [6.45, 7) is 8.93. The number of aromatic nitrogens is 2. The number of anilines is 1. The minimum Gasteiger partial charge on any atom is -0.365 e. The lowest BCUT2D eigenvalue weighted by atomic mass is 9.92. The smallest absolute Gasteiger partial charge is 0.183 e. The SMILES string of the molecule is CCC(=O)c1ncc(N2CCN(Cc3cnc4c(c3)CC(=O)C(CC)=C4)C[C@H]2C)cc1F. The number of ketones is 2. The molecule has 1 atom stereocenters. The number of allylic oxidation sites excluding steroid dienone is 1. The van der Waals surface area contributed by atoms with E-state index in [1.807, 2.05) is 19.2 Å². The van der Waals surface area contributed by atoms with Crippen molar-refractivity contribution < 1.29 is 14.0 Å². The fourth-order valence-electron chi connectivity index (χ4n) is 4.54. The van der Waals surface area contributed by atoms with Crippen LogP contribution >= 0.6 is 0 Å². The number of halogens is 1. The highest BCUT2D eigenvalue weighted by Gasteiger charge is 2.26. The van der Waals surface area contributed by atoms with Crippen LogP contribution in [-0.2, 0) is 17.8 Å². The molecule has 1 fully saturated rings.